The Kier molecular flexibility index (Phi) is 6.22. The Morgan fingerprint density at radius 2 is 1.95 bits per heavy atom. The summed E-state index contributed by atoms with van der Waals surface area (Å²) >= 11 is 9.56. The molecule has 0 amide bonds. The van der Waals surface area contributed by atoms with E-state index < -0.39 is 0 Å². The van der Waals surface area contributed by atoms with Gasteiger partial charge in [0.05, 0.1) is 5.02 Å². The van der Waals surface area contributed by atoms with Crippen molar-refractivity contribution in [3.8, 4) is 0 Å². The molecular weight excluding hydrogens is 353 g/mol. The monoisotopic (exact) mass is 369 g/mol. The van der Waals surface area contributed by atoms with Gasteiger partial charge in [-0.3, -0.25) is 0 Å². The van der Waals surface area contributed by atoms with E-state index in [9.17, 15) is 4.39 Å². The standard InChI is InChI=1S/C17H18BrClFN/c1-21-11-13(8-12-4-2-6-15(18)10-12)9-14-5-3-7-16(20)17(14)19/h2-7,10,13,21H,8-9,11H2,1H3. The smallest absolute Gasteiger partial charge is 0.142 e. The minimum absolute atomic E-state index is 0.243. The predicted molar refractivity (Wildman–Crippen MR) is 90.4 cm³/mol. The number of benzene rings is 2. The van der Waals surface area contributed by atoms with Crippen LogP contribution in [0.1, 0.15) is 11.1 Å². The fourth-order valence-electron chi connectivity index (χ4n) is 2.52. The Morgan fingerprint density at radius 1 is 1.19 bits per heavy atom. The Hall–Kier alpha value is -0.900. The first kappa shape index (κ1) is 16.5. The molecule has 112 valence electrons. The zero-order valence-corrected chi connectivity index (χ0v) is 14.2. The molecule has 0 fully saturated rings. The highest BCUT2D eigenvalue weighted by Crippen LogP contribution is 2.24. The van der Waals surface area contributed by atoms with E-state index in [2.05, 4.69) is 33.4 Å². The van der Waals surface area contributed by atoms with E-state index in [0.717, 1.165) is 29.4 Å². The van der Waals surface area contributed by atoms with Crippen molar-refractivity contribution in [2.45, 2.75) is 12.8 Å². The van der Waals surface area contributed by atoms with Gasteiger partial charge in [0.25, 0.3) is 0 Å². The molecule has 0 spiro atoms. The third kappa shape index (κ3) is 4.80. The Bertz CT molecular complexity index is 603. The van der Waals surface area contributed by atoms with Gasteiger partial charge in [-0.2, -0.15) is 0 Å². The topological polar surface area (TPSA) is 12.0 Å². The summed E-state index contributed by atoms with van der Waals surface area (Å²) in [6, 6.07) is 13.3. The van der Waals surface area contributed by atoms with E-state index in [4.69, 9.17) is 11.6 Å². The maximum Gasteiger partial charge on any atom is 0.142 e. The van der Waals surface area contributed by atoms with Crippen LogP contribution in [0.3, 0.4) is 0 Å². The van der Waals surface area contributed by atoms with Crippen LogP contribution < -0.4 is 5.32 Å². The molecule has 21 heavy (non-hydrogen) atoms. The van der Waals surface area contributed by atoms with Crippen molar-refractivity contribution in [3.63, 3.8) is 0 Å². The first-order valence-corrected chi connectivity index (χ1v) is 8.09. The highest BCUT2D eigenvalue weighted by Gasteiger charge is 2.14. The number of halogens is 3. The lowest BCUT2D eigenvalue weighted by atomic mass is 9.92. The summed E-state index contributed by atoms with van der Waals surface area (Å²) in [6.07, 6.45) is 1.68. The lowest BCUT2D eigenvalue weighted by Gasteiger charge is -2.18. The molecule has 1 unspecified atom stereocenters. The molecule has 0 saturated carbocycles. The zero-order chi connectivity index (χ0) is 15.2. The molecule has 0 bridgehead atoms. The molecular formula is C17H18BrClFN. The van der Waals surface area contributed by atoms with Crippen LogP contribution in [0.5, 0.6) is 0 Å². The van der Waals surface area contributed by atoms with Gasteiger partial charge in [-0.25, -0.2) is 4.39 Å². The average molecular weight is 371 g/mol. The first-order chi connectivity index (χ1) is 10.1. The van der Waals surface area contributed by atoms with Crippen molar-refractivity contribution >= 4 is 27.5 Å². The zero-order valence-electron chi connectivity index (χ0n) is 11.9. The second-order valence-corrected chi connectivity index (χ2v) is 6.47. The average Bonchev–Trinajstić information content (AvgIpc) is 2.44. The second-order valence-electron chi connectivity index (χ2n) is 5.17. The van der Waals surface area contributed by atoms with Gasteiger partial charge in [0, 0.05) is 4.47 Å². The predicted octanol–water partition coefficient (Wildman–Crippen LogP) is 4.86. The fourth-order valence-corrected chi connectivity index (χ4v) is 3.17. The summed E-state index contributed by atoms with van der Waals surface area (Å²) in [5.74, 6) is 0.0171. The maximum absolute atomic E-state index is 13.5. The van der Waals surface area contributed by atoms with E-state index in [1.54, 1.807) is 6.07 Å². The molecule has 0 aliphatic carbocycles. The fraction of sp³-hybridized carbons (Fsp3) is 0.294. The van der Waals surface area contributed by atoms with Crippen LogP contribution in [0.4, 0.5) is 4.39 Å². The first-order valence-electron chi connectivity index (χ1n) is 6.92. The molecule has 0 aliphatic rings. The van der Waals surface area contributed by atoms with Gasteiger partial charge in [-0.15, -0.1) is 0 Å². The molecule has 4 heteroatoms. The normalized spacial score (nSPS) is 12.4. The molecule has 0 saturated heterocycles. The molecule has 0 aromatic heterocycles. The van der Waals surface area contributed by atoms with Crippen molar-refractivity contribution in [1.82, 2.24) is 5.32 Å². The molecule has 1 N–H and O–H groups in total. The Balaban J connectivity index is 2.13. The lowest BCUT2D eigenvalue weighted by Crippen LogP contribution is -2.23. The summed E-state index contributed by atoms with van der Waals surface area (Å²) in [5.41, 5.74) is 2.13. The third-order valence-corrected chi connectivity index (χ3v) is 4.36. The molecule has 0 radical (unpaired) electrons. The molecule has 2 aromatic carbocycles. The summed E-state index contributed by atoms with van der Waals surface area (Å²) in [4.78, 5) is 0. The van der Waals surface area contributed by atoms with Crippen LogP contribution >= 0.6 is 27.5 Å². The second kappa shape index (κ2) is 7.92. The molecule has 1 atom stereocenters. The van der Waals surface area contributed by atoms with Crippen LogP contribution in [-0.4, -0.2) is 13.6 Å². The molecule has 0 heterocycles. The minimum atomic E-state index is -0.347. The summed E-state index contributed by atoms with van der Waals surface area (Å²) in [5, 5.41) is 3.45. The quantitative estimate of drug-likeness (QED) is 0.765. The van der Waals surface area contributed by atoms with Crippen molar-refractivity contribution in [1.29, 1.82) is 0 Å². The number of hydrogen-bond donors (Lipinski definition) is 1. The largest absolute Gasteiger partial charge is 0.319 e. The SMILES string of the molecule is CNCC(Cc1cccc(Br)c1)Cc1cccc(F)c1Cl. The van der Waals surface area contributed by atoms with E-state index in [1.807, 2.05) is 25.2 Å². The Morgan fingerprint density at radius 3 is 2.67 bits per heavy atom. The van der Waals surface area contributed by atoms with E-state index in [1.165, 1.54) is 11.6 Å². The lowest BCUT2D eigenvalue weighted by molar-refractivity contribution is 0.491. The maximum atomic E-state index is 13.5. The van der Waals surface area contributed by atoms with Gasteiger partial charge < -0.3 is 5.32 Å². The van der Waals surface area contributed by atoms with Crippen LogP contribution in [0, 0.1) is 11.7 Å². The van der Waals surface area contributed by atoms with Gasteiger partial charge in [0.15, 0.2) is 0 Å². The highest BCUT2D eigenvalue weighted by atomic mass is 79.9. The number of nitrogens with one attached hydrogen (secondary N) is 1. The van der Waals surface area contributed by atoms with E-state index in [0.29, 0.717) is 5.92 Å². The van der Waals surface area contributed by atoms with E-state index >= 15 is 0 Å². The summed E-state index contributed by atoms with van der Waals surface area (Å²) < 4.78 is 14.6. The van der Waals surface area contributed by atoms with Crippen molar-refractivity contribution in [3.05, 3.63) is 68.9 Å². The molecule has 2 rings (SSSR count). The molecule has 1 nitrogen and oxygen atoms in total. The summed E-state index contributed by atoms with van der Waals surface area (Å²) in [6.45, 7) is 0.860. The van der Waals surface area contributed by atoms with E-state index in [-0.39, 0.29) is 10.8 Å². The van der Waals surface area contributed by atoms with Crippen molar-refractivity contribution in [2.75, 3.05) is 13.6 Å². The van der Waals surface area contributed by atoms with Crippen molar-refractivity contribution in [2.24, 2.45) is 5.92 Å². The van der Waals surface area contributed by atoms with Gasteiger partial charge in [0.1, 0.15) is 5.82 Å². The van der Waals surface area contributed by atoms with Gasteiger partial charge in [0.2, 0.25) is 0 Å². The highest BCUT2D eigenvalue weighted by molar-refractivity contribution is 9.10. The summed E-state index contributed by atoms with van der Waals surface area (Å²) in [7, 11) is 1.93. The van der Waals surface area contributed by atoms with Crippen LogP contribution in [0.2, 0.25) is 5.02 Å². The molecule has 0 aliphatic heterocycles. The van der Waals surface area contributed by atoms with Crippen LogP contribution in [-0.2, 0) is 12.8 Å². The van der Waals surface area contributed by atoms with Gasteiger partial charge in [-0.1, -0.05) is 51.8 Å². The Labute approximate surface area is 138 Å². The van der Waals surface area contributed by atoms with Crippen molar-refractivity contribution < 1.29 is 4.39 Å². The number of rotatable bonds is 6. The van der Waals surface area contributed by atoms with Crippen LogP contribution in [0.25, 0.3) is 0 Å². The number of hydrogen-bond acceptors (Lipinski definition) is 1. The molecule has 2 aromatic rings. The van der Waals surface area contributed by atoms with Gasteiger partial charge in [-0.05, 0) is 61.7 Å². The minimum Gasteiger partial charge on any atom is -0.319 e. The third-order valence-electron chi connectivity index (χ3n) is 3.45. The van der Waals surface area contributed by atoms with Crippen LogP contribution in [0.15, 0.2) is 46.9 Å². The van der Waals surface area contributed by atoms with Gasteiger partial charge >= 0.3 is 0 Å².